The van der Waals surface area contributed by atoms with E-state index >= 15 is 0 Å². The number of halogens is 1. The summed E-state index contributed by atoms with van der Waals surface area (Å²) in [5.74, 6) is 1.10. The summed E-state index contributed by atoms with van der Waals surface area (Å²) < 4.78 is 1.09. The maximum absolute atomic E-state index is 10.9. The Morgan fingerprint density at radius 1 is 1.40 bits per heavy atom. The summed E-state index contributed by atoms with van der Waals surface area (Å²) in [6.45, 7) is 0. The predicted octanol–water partition coefficient (Wildman–Crippen LogP) is 3.07. The van der Waals surface area contributed by atoms with E-state index < -0.39 is 0 Å². The fraction of sp³-hybridized carbons (Fsp3) is 0.364. The fourth-order valence-electron chi connectivity index (χ4n) is 1.08. The molecule has 0 spiro atoms. The molecule has 1 aromatic carbocycles. The van der Waals surface area contributed by atoms with Crippen LogP contribution < -0.4 is 5.32 Å². The van der Waals surface area contributed by atoms with Crippen molar-refractivity contribution in [2.75, 3.05) is 12.8 Å². The molecule has 1 N–H and O–H groups in total. The second-order valence-electron chi connectivity index (χ2n) is 3.08. The molecule has 82 valence electrons. The summed E-state index contributed by atoms with van der Waals surface area (Å²) in [6.07, 6.45) is 1.53. The first-order chi connectivity index (χ1) is 7.22. The van der Waals surface area contributed by atoms with E-state index in [4.69, 9.17) is 0 Å². The molecule has 1 aromatic rings. The smallest absolute Gasteiger partial charge is 0.219 e. The number of hydrogen-bond acceptors (Lipinski definition) is 2. The van der Waals surface area contributed by atoms with Crippen molar-refractivity contribution in [2.24, 2.45) is 0 Å². The molecule has 0 heterocycles. The van der Waals surface area contributed by atoms with Crippen molar-refractivity contribution in [1.29, 1.82) is 0 Å². The van der Waals surface area contributed by atoms with Gasteiger partial charge in [-0.15, -0.1) is 11.8 Å². The minimum atomic E-state index is 0.117. The van der Waals surface area contributed by atoms with Gasteiger partial charge in [-0.2, -0.15) is 0 Å². The summed E-state index contributed by atoms with van der Waals surface area (Å²) in [7, 11) is 1.67. The summed E-state index contributed by atoms with van der Waals surface area (Å²) >= 11 is 5.17. The van der Waals surface area contributed by atoms with Gasteiger partial charge in [0.25, 0.3) is 0 Å². The average Bonchev–Trinajstić information content (AvgIpc) is 2.26. The van der Waals surface area contributed by atoms with Crippen LogP contribution in [0.5, 0.6) is 0 Å². The molecule has 15 heavy (non-hydrogen) atoms. The lowest BCUT2D eigenvalue weighted by Crippen LogP contribution is -2.17. The molecule has 0 aromatic heterocycles. The zero-order valence-electron chi connectivity index (χ0n) is 8.63. The topological polar surface area (TPSA) is 29.1 Å². The largest absolute Gasteiger partial charge is 0.359 e. The Labute approximate surface area is 103 Å². The third kappa shape index (κ3) is 5.23. The fourth-order valence-corrected chi connectivity index (χ4v) is 2.20. The van der Waals surface area contributed by atoms with Crippen LogP contribution in [0.25, 0.3) is 0 Å². The van der Waals surface area contributed by atoms with Crippen molar-refractivity contribution in [3.8, 4) is 0 Å². The van der Waals surface area contributed by atoms with Gasteiger partial charge in [-0.05, 0) is 36.4 Å². The summed E-state index contributed by atoms with van der Waals surface area (Å²) in [5, 5.41) is 2.62. The van der Waals surface area contributed by atoms with Crippen LogP contribution in [0.3, 0.4) is 0 Å². The summed E-state index contributed by atoms with van der Waals surface area (Å²) in [5.41, 5.74) is 0. The Morgan fingerprint density at radius 3 is 2.67 bits per heavy atom. The Kier molecular flexibility index (Phi) is 5.79. The van der Waals surface area contributed by atoms with Gasteiger partial charge < -0.3 is 5.32 Å². The standard InChI is InChI=1S/C11H14BrNOS/c1-13-11(14)3-2-8-15-10-6-4-9(12)5-7-10/h4-7H,2-3,8H2,1H3,(H,13,14). The first-order valence-electron chi connectivity index (χ1n) is 4.81. The molecular formula is C11H14BrNOS. The third-order valence-electron chi connectivity index (χ3n) is 1.91. The van der Waals surface area contributed by atoms with Gasteiger partial charge in [0.05, 0.1) is 0 Å². The zero-order chi connectivity index (χ0) is 11.1. The molecular weight excluding hydrogens is 274 g/mol. The highest BCUT2D eigenvalue weighted by Crippen LogP contribution is 2.21. The molecule has 0 unspecified atom stereocenters. The molecule has 1 rings (SSSR count). The van der Waals surface area contributed by atoms with E-state index in [2.05, 4.69) is 33.4 Å². The van der Waals surface area contributed by atoms with Gasteiger partial charge in [0, 0.05) is 22.8 Å². The Hall–Kier alpha value is -0.480. The predicted molar refractivity (Wildman–Crippen MR) is 68.2 cm³/mol. The SMILES string of the molecule is CNC(=O)CCCSc1ccc(Br)cc1. The first kappa shape index (κ1) is 12.6. The first-order valence-corrected chi connectivity index (χ1v) is 6.59. The highest BCUT2D eigenvalue weighted by molar-refractivity contribution is 9.10. The van der Waals surface area contributed by atoms with Crippen LogP contribution in [0, 0.1) is 0 Å². The molecule has 0 saturated heterocycles. The minimum absolute atomic E-state index is 0.117. The van der Waals surface area contributed by atoms with Crippen LogP contribution in [0.1, 0.15) is 12.8 Å². The summed E-state index contributed by atoms with van der Waals surface area (Å²) in [4.78, 5) is 12.2. The van der Waals surface area contributed by atoms with E-state index in [1.54, 1.807) is 18.8 Å². The second-order valence-corrected chi connectivity index (χ2v) is 5.16. The monoisotopic (exact) mass is 287 g/mol. The number of amides is 1. The lowest BCUT2D eigenvalue weighted by Gasteiger charge is -2.01. The van der Waals surface area contributed by atoms with Crippen molar-refractivity contribution in [3.63, 3.8) is 0 Å². The lowest BCUT2D eigenvalue weighted by atomic mass is 10.3. The zero-order valence-corrected chi connectivity index (χ0v) is 11.0. The molecule has 0 fully saturated rings. The van der Waals surface area contributed by atoms with Gasteiger partial charge in [-0.1, -0.05) is 15.9 Å². The molecule has 0 radical (unpaired) electrons. The Morgan fingerprint density at radius 2 is 2.07 bits per heavy atom. The number of carbonyl (C=O) groups excluding carboxylic acids is 1. The van der Waals surface area contributed by atoms with E-state index in [0.717, 1.165) is 16.6 Å². The third-order valence-corrected chi connectivity index (χ3v) is 3.54. The number of hydrogen-bond donors (Lipinski definition) is 1. The highest BCUT2D eigenvalue weighted by atomic mass is 79.9. The van der Waals surface area contributed by atoms with E-state index in [0.29, 0.717) is 6.42 Å². The molecule has 0 aliphatic carbocycles. The molecule has 0 atom stereocenters. The molecule has 4 heteroatoms. The molecule has 0 aliphatic heterocycles. The van der Waals surface area contributed by atoms with Crippen molar-refractivity contribution in [3.05, 3.63) is 28.7 Å². The normalized spacial score (nSPS) is 10.0. The van der Waals surface area contributed by atoms with Crippen LogP contribution in [-0.2, 0) is 4.79 Å². The van der Waals surface area contributed by atoms with Gasteiger partial charge in [0.1, 0.15) is 0 Å². The van der Waals surface area contributed by atoms with Crippen LogP contribution in [-0.4, -0.2) is 18.7 Å². The average molecular weight is 288 g/mol. The van der Waals surface area contributed by atoms with E-state index in [9.17, 15) is 4.79 Å². The lowest BCUT2D eigenvalue weighted by molar-refractivity contribution is -0.120. The van der Waals surface area contributed by atoms with Gasteiger partial charge in [-0.3, -0.25) is 4.79 Å². The van der Waals surface area contributed by atoms with Crippen LogP contribution >= 0.6 is 27.7 Å². The Balaban J connectivity index is 2.20. The van der Waals surface area contributed by atoms with Crippen molar-refractivity contribution >= 4 is 33.6 Å². The van der Waals surface area contributed by atoms with Gasteiger partial charge in [-0.25, -0.2) is 0 Å². The number of nitrogens with one attached hydrogen (secondary N) is 1. The van der Waals surface area contributed by atoms with Gasteiger partial charge in [0.2, 0.25) is 5.91 Å². The second kappa shape index (κ2) is 6.90. The summed E-state index contributed by atoms with van der Waals surface area (Å²) in [6, 6.07) is 8.21. The van der Waals surface area contributed by atoms with Crippen LogP contribution in [0.15, 0.2) is 33.6 Å². The molecule has 0 saturated carbocycles. The number of carbonyl (C=O) groups is 1. The maximum Gasteiger partial charge on any atom is 0.219 e. The van der Waals surface area contributed by atoms with Crippen LogP contribution in [0.2, 0.25) is 0 Å². The molecule has 1 amide bonds. The van der Waals surface area contributed by atoms with Gasteiger partial charge >= 0.3 is 0 Å². The van der Waals surface area contributed by atoms with E-state index in [-0.39, 0.29) is 5.91 Å². The quantitative estimate of drug-likeness (QED) is 0.666. The van der Waals surface area contributed by atoms with Crippen molar-refractivity contribution in [1.82, 2.24) is 5.32 Å². The maximum atomic E-state index is 10.9. The number of thioether (sulfide) groups is 1. The Bertz CT molecular complexity index is 313. The van der Waals surface area contributed by atoms with Crippen molar-refractivity contribution in [2.45, 2.75) is 17.7 Å². The van der Waals surface area contributed by atoms with E-state index in [1.165, 1.54) is 4.90 Å². The van der Waals surface area contributed by atoms with Gasteiger partial charge in [0.15, 0.2) is 0 Å². The minimum Gasteiger partial charge on any atom is -0.359 e. The number of benzene rings is 1. The van der Waals surface area contributed by atoms with E-state index in [1.807, 2.05) is 12.1 Å². The highest BCUT2D eigenvalue weighted by Gasteiger charge is 1.98. The molecule has 2 nitrogen and oxygen atoms in total. The number of rotatable bonds is 5. The van der Waals surface area contributed by atoms with Crippen LogP contribution in [0.4, 0.5) is 0 Å². The molecule has 0 bridgehead atoms. The van der Waals surface area contributed by atoms with Crippen molar-refractivity contribution < 1.29 is 4.79 Å². The molecule has 0 aliphatic rings.